The standard InChI is InChI=1S/C55H96O6/c1-4-7-10-13-16-19-22-25-26-27-28-29-30-31-34-36-39-42-45-48-54(57)60-51-52(61-55(58)49-46-43-40-37-33-24-21-18-15-12-9-6-3)50-59-53(56)47-44-41-38-35-32-23-20-17-14-11-8-5-2/h7,10,16,19,25-26,28-29,31,34,52H,4-6,8-9,11-15,17-18,20-24,27,30,32-33,35-51H2,1-3H3/b10-7-,19-16-,26-25-,29-28-,34-31-/t52-/m1/s1. The zero-order valence-corrected chi connectivity index (χ0v) is 40.2. The van der Waals surface area contributed by atoms with Crippen molar-refractivity contribution in [3.8, 4) is 0 Å². The molecule has 0 radical (unpaired) electrons. The van der Waals surface area contributed by atoms with Crippen LogP contribution >= 0.6 is 0 Å². The monoisotopic (exact) mass is 853 g/mol. The normalized spacial score (nSPS) is 12.5. The fourth-order valence-electron chi connectivity index (χ4n) is 7.17. The molecule has 0 N–H and O–H groups in total. The van der Waals surface area contributed by atoms with Gasteiger partial charge < -0.3 is 14.2 Å². The lowest BCUT2D eigenvalue weighted by Gasteiger charge is -2.18. The van der Waals surface area contributed by atoms with Crippen LogP contribution in [0.4, 0.5) is 0 Å². The zero-order valence-electron chi connectivity index (χ0n) is 40.2. The number of allylic oxidation sites excluding steroid dienone is 10. The number of carbonyl (C=O) groups excluding carboxylic acids is 3. The molecule has 0 aromatic rings. The molecule has 0 heterocycles. The molecule has 61 heavy (non-hydrogen) atoms. The average Bonchev–Trinajstić information content (AvgIpc) is 3.26. The lowest BCUT2D eigenvalue weighted by atomic mass is 10.0. The Morgan fingerprint density at radius 3 is 1.00 bits per heavy atom. The third-order valence-corrected chi connectivity index (χ3v) is 11.0. The number of hydrogen-bond acceptors (Lipinski definition) is 6. The van der Waals surface area contributed by atoms with Gasteiger partial charge in [0.15, 0.2) is 6.10 Å². The van der Waals surface area contributed by atoms with Crippen LogP contribution in [0.15, 0.2) is 60.8 Å². The largest absolute Gasteiger partial charge is 0.462 e. The minimum Gasteiger partial charge on any atom is -0.462 e. The van der Waals surface area contributed by atoms with Crippen molar-refractivity contribution < 1.29 is 28.6 Å². The minimum atomic E-state index is -0.782. The highest BCUT2D eigenvalue weighted by atomic mass is 16.6. The minimum absolute atomic E-state index is 0.0815. The second kappa shape index (κ2) is 49.8. The molecular weight excluding hydrogens is 757 g/mol. The van der Waals surface area contributed by atoms with Gasteiger partial charge in [0.1, 0.15) is 13.2 Å². The second-order valence-electron chi connectivity index (χ2n) is 17.1. The van der Waals surface area contributed by atoms with Gasteiger partial charge in [-0.3, -0.25) is 14.4 Å². The molecule has 0 saturated heterocycles. The molecule has 0 amide bonds. The van der Waals surface area contributed by atoms with Crippen molar-refractivity contribution in [2.24, 2.45) is 0 Å². The number of ether oxygens (including phenoxy) is 3. The van der Waals surface area contributed by atoms with E-state index in [1.807, 2.05) is 0 Å². The maximum atomic E-state index is 12.8. The predicted molar refractivity (Wildman–Crippen MR) is 261 cm³/mol. The van der Waals surface area contributed by atoms with E-state index in [0.29, 0.717) is 19.3 Å². The summed E-state index contributed by atoms with van der Waals surface area (Å²) in [6.45, 7) is 6.50. The summed E-state index contributed by atoms with van der Waals surface area (Å²) in [7, 11) is 0. The Labute approximate surface area is 377 Å². The zero-order chi connectivity index (χ0) is 44.4. The van der Waals surface area contributed by atoms with Crippen LogP contribution in [0.3, 0.4) is 0 Å². The van der Waals surface area contributed by atoms with Gasteiger partial charge in [-0.1, -0.05) is 229 Å². The van der Waals surface area contributed by atoms with Crippen molar-refractivity contribution >= 4 is 17.9 Å². The highest BCUT2D eigenvalue weighted by molar-refractivity contribution is 5.71. The Balaban J connectivity index is 4.40. The van der Waals surface area contributed by atoms with E-state index in [1.165, 1.54) is 116 Å². The smallest absolute Gasteiger partial charge is 0.306 e. The SMILES string of the molecule is CC/C=C\C/C=C\C/C=C\C/C=C\C/C=C\CCCCCC(=O)OC[C@@H](COC(=O)CCCCCCCCCCCCCC)OC(=O)CCCCCCCCCCCCCC. The molecule has 0 aliphatic carbocycles. The Kier molecular flexibility index (Phi) is 47.4. The molecule has 0 bridgehead atoms. The van der Waals surface area contributed by atoms with E-state index in [4.69, 9.17) is 14.2 Å². The lowest BCUT2D eigenvalue weighted by molar-refractivity contribution is -0.167. The Hall–Kier alpha value is -2.89. The molecule has 0 aliphatic rings. The molecule has 1 atom stereocenters. The summed E-state index contributed by atoms with van der Waals surface area (Å²) in [4.78, 5) is 37.9. The second-order valence-corrected chi connectivity index (χ2v) is 17.1. The van der Waals surface area contributed by atoms with Crippen molar-refractivity contribution in [1.29, 1.82) is 0 Å². The van der Waals surface area contributed by atoms with Crippen molar-refractivity contribution in [2.45, 2.75) is 258 Å². The van der Waals surface area contributed by atoms with Crippen molar-refractivity contribution in [1.82, 2.24) is 0 Å². The van der Waals surface area contributed by atoms with Gasteiger partial charge in [0.05, 0.1) is 0 Å². The van der Waals surface area contributed by atoms with E-state index < -0.39 is 6.10 Å². The summed E-state index contributed by atoms with van der Waals surface area (Å²) in [6.07, 6.45) is 60.6. The fourth-order valence-corrected chi connectivity index (χ4v) is 7.17. The van der Waals surface area contributed by atoms with Crippen molar-refractivity contribution in [3.63, 3.8) is 0 Å². The highest BCUT2D eigenvalue weighted by Crippen LogP contribution is 2.15. The molecular formula is C55H96O6. The Bertz CT molecular complexity index is 1120. The van der Waals surface area contributed by atoms with Gasteiger partial charge in [0.25, 0.3) is 0 Å². The molecule has 6 nitrogen and oxygen atoms in total. The fraction of sp³-hybridized carbons (Fsp3) is 0.764. The van der Waals surface area contributed by atoms with Gasteiger partial charge in [-0.2, -0.15) is 0 Å². The van der Waals surface area contributed by atoms with Crippen LogP contribution < -0.4 is 0 Å². The summed E-state index contributed by atoms with van der Waals surface area (Å²) in [5.74, 6) is -0.909. The van der Waals surface area contributed by atoms with E-state index >= 15 is 0 Å². The summed E-state index contributed by atoms with van der Waals surface area (Å²) in [5.41, 5.74) is 0. The molecule has 0 spiro atoms. The lowest BCUT2D eigenvalue weighted by Crippen LogP contribution is -2.30. The van der Waals surface area contributed by atoms with E-state index in [0.717, 1.165) is 96.3 Å². The first-order valence-corrected chi connectivity index (χ1v) is 25.8. The summed E-state index contributed by atoms with van der Waals surface area (Å²) in [5, 5.41) is 0. The summed E-state index contributed by atoms with van der Waals surface area (Å²) >= 11 is 0. The number of rotatable bonds is 46. The van der Waals surface area contributed by atoms with Crippen LogP contribution in [0, 0.1) is 0 Å². The predicted octanol–water partition coefficient (Wildman–Crippen LogP) is 16.9. The quantitative estimate of drug-likeness (QED) is 0.0263. The van der Waals surface area contributed by atoms with E-state index in [-0.39, 0.29) is 31.1 Å². The van der Waals surface area contributed by atoms with Gasteiger partial charge in [-0.25, -0.2) is 0 Å². The highest BCUT2D eigenvalue weighted by Gasteiger charge is 2.19. The van der Waals surface area contributed by atoms with Crippen LogP contribution in [0.5, 0.6) is 0 Å². The van der Waals surface area contributed by atoms with E-state index in [9.17, 15) is 14.4 Å². The molecule has 0 aliphatic heterocycles. The van der Waals surface area contributed by atoms with Gasteiger partial charge in [0, 0.05) is 19.3 Å². The van der Waals surface area contributed by atoms with Crippen LogP contribution in [0.2, 0.25) is 0 Å². The summed E-state index contributed by atoms with van der Waals surface area (Å²) in [6, 6.07) is 0. The molecule has 0 unspecified atom stereocenters. The van der Waals surface area contributed by atoms with Crippen LogP contribution in [0.1, 0.15) is 252 Å². The molecule has 0 fully saturated rings. The maximum Gasteiger partial charge on any atom is 0.306 e. The average molecular weight is 853 g/mol. The molecule has 6 heteroatoms. The first-order chi connectivity index (χ1) is 30.0. The molecule has 0 rings (SSSR count). The number of carbonyl (C=O) groups is 3. The number of hydrogen-bond donors (Lipinski definition) is 0. The van der Waals surface area contributed by atoms with Gasteiger partial charge >= 0.3 is 17.9 Å². The van der Waals surface area contributed by atoms with Crippen molar-refractivity contribution in [2.75, 3.05) is 13.2 Å². The van der Waals surface area contributed by atoms with E-state index in [2.05, 4.69) is 81.5 Å². The summed E-state index contributed by atoms with van der Waals surface area (Å²) < 4.78 is 16.8. The van der Waals surface area contributed by atoms with Gasteiger partial charge in [-0.05, 0) is 64.2 Å². The van der Waals surface area contributed by atoms with Gasteiger partial charge in [0.2, 0.25) is 0 Å². The van der Waals surface area contributed by atoms with Crippen LogP contribution in [0.25, 0.3) is 0 Å². The first kappa shape index (κ1) is 58.1. The van der Waals surface area contributed by atoms with Gasteiger partial charge in [-0.15, -0.1) is 0 Å². The Morgan fingerprint density at radius 2 is 0.639 bits per heavy atom. The molecule has 0 aromatic heterocycles. The van der Waals surface area contributed by atoms with Crippen LogP contribution in [-0.4, -0.2) is 37.2 Å². The topological polar surface area (TPSA) is 78.9 Å². The van der Waals surface area contributed by atoms with Crippen molar-refractivity contribution in [3.05, 3.63) is 60.8 Å². The maximum absolute atomic E-state index is 12.8. The Morgan fingerprint density at radius 1 is 0.344 bits per heavy atom. The molecule has 0 saturated carbocycles. The molecule has 0 aromatic carbocycles. The van der Waals surface area contributed by atoms with Crippen LogP contribution in [-0.2, 0) is 28.6 Å². The molecule has 352 valence electrons. The third-order valence-electron chi connectivity index (χ3n) is 11.0. The number of esters is 3. The third kappa shape index (κ3) is 48.0. The first-order valence-electron chi connectivity index (χ1n) is 25.8. The van der Waals surface area contributed by atoms with E-state index in [1.54, 1.807) is 0 Å². The number of unbranched alkanes of at least 4 members (excludes halogenated alkanes) is 25.